The molecule has 3 saturated carbocycles. The zero-order chi connectivity index (χ0) is 15.0. The number of hydrogen-bond acceptors (Lipinski definition) is 0. The van der Waals surface area contributed by atoms with Crippen LogP contribution in [-0.4, -0.2) is 18.5 Å². The van der Waals surface area contributed by atoms with Gasteiger partial charge in [0, 0.05) is 0 Å². The summed E-state index contributed by atoms with van der Waals surface area (Å²) in [6, 6.07) is 0. The lowest BCUT2D eigenvalue weighted by Crippen LogP contribution is -2.51. The SMILES string of the molecule is C=CCCC1CCC2C(CCC3C(F)C(F)C(F)CC23)C1. The first-order chi connectivity index (χ1) is 10.1. The molecule has 0 aromatic carbocycles. The first-order valence-electron chi connectivity index (χ1n) is 8.65. The molecule has 21 heavy (non-hydrogen) atoms. The first kappa shape index (κ1) is 15.4. The monoisotopic (exact) mass is 300 g/mol. The number of hydrogen-bond donors (Lipinski definition) is 0. The molecule has 0 aromatic rings. The van der Waals surface area contributed by atoms with Gasteiger partial charge in [0.2, 0.25) is 0 Å². The van der Waals surface area contributed by atoms with E-state index < -0.39 is 18.5 Å². The van der Waals surface area contributed by atoms with Crippen molar-refractivity contribution in [2.45, 2.75) is 69.9 Å². The van der Waals surface area contributed by atoms with Gasteiger partial charge in [-0.15, -0.1) is 6.58 Å². The normalized spacial score (nSPS) is 50.0. The molecule has 0 N–H and O–H groups in total. The molecule has 8 atom stereocenters. The summed E-state index contributed by atoms with van der Waals surface area (Å²) < 4.78 is 41.5. The third kappa shape index (κ3) is 2.90. The molecule has 0 aromatic heterocycles. The second-order valence-electron chi connectivity index (χ2n) is 7.51. The molecule has 3 fully saturated rings. The maximum atomic E-state index is 14.1. The van der Waals surface area contributed by atoms with Gasteiger partial charge in [-0.1, -0.05) is 12.5 Å². The number of alkyl halides is 3. The summed E-state index contributed by atoms with van der Waals surface area (Å²) in [4.78, 5) is 0. The number of fused-ring (bicyclic) bond motifs is 3. The second-order valence-corrected chi connectivity index (χ2v) is 7.51. The van der Waals surface area contributed by atoms with E-state index in [-0.39, 0.29) is 18.3 Å². The number of allylic oxidation sites excluding steroid dienone is 1. The van der Waals surface area contributed by atoms with Gasteiger partial charge in [0.1, 0.15) is 12.3 Å². The Hall–Kier alpha value is -0.470. The van der Waals surface area contributed by atoms with Crippen LogP contribution in [0.2, 0.25) is 0 Å². The van der Waals surface area contributed by atoms with Crippen LogP contribution in [0.1, 0.15) is 51.4 Å². The van der Waals surface area contributed by atoms with E-state index in [1.54, 1.807) is 0 Å². The fourth-order valence-corrected chi connectivity index (χ4v) is 5.40. The third-order valence-corrected chi connectivity index (χ3v) is 6.46. The molecule has 3 aliphatic carbocycles. The minimum atomic E-state index is -1.88. The van der Waals surface area contributed by atoms with E-state index in [1.807, 2.05) is 6.08 Å². The molecular formula is C18H27F3. The van der Waals surface area contributed by atoms with Crippen molar-refractivity contribution in [2.75, 3.05) is 0 Å². The van der Waals surface area contributed by atoms with Crippen LogP contribution in [0.15, 0.2) is 12.7 Å². The van der Waals surface area contributed by atoms with Gasteiger partial charge < -0.3 is 0 Å². The van der Waals surface area contributed by atoms with Gasteiger partial charge in [0.15, 0.2) is 6.17 Å². The van der Waals surface area contributed by atoms with E-state index in [2.05, 4.69) is 6.58 Å². The molecular weight excluding hydrogens is 273 g/mol. The summed E-state index contributed by atoms with van der Waals surface area (Å²) in [5.41, 5.74) is 0. The first-order valence-corrected chi connectivity index (χ1v) is 8.65. The van der Waals surface area contributed by atoms with E-state index in [4.69, 9.17) is 0 Å². The molecule has 0 nitrogen and oxygen atoms in total. The topological polar surface area (TPSA) is 0 Å². The fourth-order valence-electron chi connectivity index (χ4n) is 5.40. The highest BCUT2D eigenvalue weighted by molar-refractivity contribution is 5.01. The Balaban J connectivity index is 1.66. The van der Waals surface area contributed by atoms with Crippen molar-refractivity contribution < 1.29 is 13.2 Å². The zero-order valence-electron chi connectivity index (χ0n) is 12.7. The Morgan fingerprint density at radius 3 is 2.38 bits per heavy atom. The maximum absolute atomic E-state index is 14.1. The summed E-state index contributed by atoms with van der Waals surface area (Å²) in [6.07, 6.45) is 4.70. The van der Waals surface area contributed by atoms with Crippen LogP contribution in [0, 0.1) is 29.6 Å². The zero-order valence-corrected chi connectivity index (χ0v) is 12.7. The van der Waals surface area contributed by atoms with Crippen molar-refractivity contribution in [3.05, 3.63) is 12.7 Å². The van der Waals surface area contributed by atoms with Crippen LogP contribution >= 0.6 is 0 Å². The Morgan fingerprint density at radius 1 is 0.857 bits per heavy atom. The molecule has 3 heteroatoms. The molecule has 3 rings (SSSR count). The van der Waals surface area contributed by atoms with Crippen LogP contribution in [0.3, 0.4) is 0 Å². The molecule has 0 spiro atoms. The van der Waals surface area contributed by atoms with Crippen LogP contribution in [0.25, 0.3) is 0 Å². The summed E-state index contributed by atoms with van der Waals surface area (Å²) >= 11 is 0. The Labute approximate surface area is 126 Å². The maximum Gasteiger partial charge on any atom is 0.162 e. The molecule has 0 bridgehead atoms. The van der Waals surface area contributed by atoms with E-state index in [1.165, 1.54) is 19.3 Å². The summed E-state index contributed by atoms with van der Waals surface area (Å²) in [7, 11) is 0. The van der Waals surface area contributed by atoms with Gasteiger partial charge in [-0.25, -0.2) is 13.2 Å². The smallest absolute Gasteiger partial charge is 0.162 e. The van der Waals surface area contributed by atoms with Crippen molar-refractivity contribution in [1.29, 1.82) is 0 Å². The minimum Gasteiger partial charge on any atom is -0.244 e. The second kappa shape index (κ2) is 6.34. The van der Waals surface area contributed by atoms with Gasteiger partial charge in [-0.3, -0.25) is 0 Å². The molecule has 0 aliphatic heterocycles. The van der Waals surface area contributed by atoms with E-state index in [9.17, 15) is 13.2 Å². The van der Waals surface area contributed by atoms with Gasteiger partial charge >= 0.3 is 0 Å². The fraction of sp³-hybridized carbons (Fsp3) is 0.889. The van der Waals surface area contributed by atoms with Gasteiger partial charge in [0.25, 0.3) is 0 Å². The molecule has 0 amide bonds. The van der Waals surface area contributed by atoms with E-state index in [0.717, 1.165) is 31.6 Å². The summed E-state index contributed by atoms with van der Waals surface area (Å²) in [5.74, 6) is 1.66. The van der Waals surface area contributed by atoms with Crippen molar-refractivity contribution in [1.82, 2.24) is 0 Å². The van der Waals surface area contributed by atoms with E-state index >= 15 is 0 Å². The van der Waals surface area contributed by atoms with Crippen molar-refractivity contribution in [2.24, 2.45) is 29.6 Å². The van der Waals surface area contributed by atoms with Gasteiger partial charge in [-0.2, -0.15) is 0 Å². The minimum absolute atomic E-state index is 0.0844. The summed E-state index contributed by atoms with van der Waals surface area (Å²) in [5, 5.41) is 0. The van der Waals surface area contributed by atoms with Gasteiger partial charge in [0.05, 0.1) is 0 Å². The third-order valence-electron chi connectivity index (χ3n) is 6.46. The summed E-state index contributed by atoms with van der Waals surface area (Å²) in [6.45, 7) is 3.79. The van der Waals surface area contributed by atoms with Crippen LogP contribution in [0.5, 0.6) is 0 Å². The highest BCUT2D eigenvalue weighted by Crippen LogP contribution is 2.54. The molecule has 8 unspecified atom stereocenters. The predicted octanol–water partition coefficient (Wildman–Crippen LogP) is 5.43. The van der Waals surface area contributed by atoms with Gasteiger partial charge in [-0.05, 0) is 74.5 Å². The molecule has 0 saturated heterocycles. The Morgan fingerprint density at radius 2 is 1.62 bits per heavy atom. The lowest BCUT2D eigenvalue weighted by molar-refractivity contribution is -0.0877. The molecule has 3 aliphatic rings. The quantitative estimate of drug-likeness (QED) is 0.610. The molecule has 0 heterocycles. The van der Waals surface area contributed by atoms with Crippen molar-refractivity contribution in [3.63, 3.8) is 0 Å². The van der Waals surface area contributed by atoms with E-state index in [0.29, 0.717) is 11.8 Å². The largest absolute Gasteiger partial charge is 0.244 e. The van der Waals surface area contributed by atoms with Crippen LogP contribution < -0.4 is 0 Å². The molecule has 0 radical (unpaired) electrons. The standard InChI is InChI=1S/C18H27F3/c1-2-3-4-11-5-7-13-12(9-11)6-8-14-15(13)10-16(19)18(21)17(14)20/h2,11-18H,1,3-10H2. The van der Waals surface area contributed by atoms with Crippen molar-refractivity contribution >= 4 is 0 Å². The van der Waals surface area contributed by atoms with Crippen molar-refractivity contribution in [3.8, 4) is 0 Å². The highest BCUT2D eigenvalue weighted by Gasteiger charge is 2.52. The highest BCUT2D eigenvalue weighted by atomic mass is 19.2. The predicted molar refractivity (Wildman–Crippen MR) is 79.3 cm³/mol. The average molecular weight is 300 g/mol. The average Bonchev–Trinajstić information content (AvgIpc) is 2.50. The lowest BCUT2D eigenvalue weighted by atomic mass is 9.55. The molecule has 120 valence electrons. The Kier molecular flexibility index (Phi) is 4.66. The van der Waals surface area contributed by atoms with Crippen LogP contribution in [0.4, 0.5) is 13.2 Å². The number of halogens is 3. The lowest BCUT2D eigenvalue weighted by Gasteiger charge is -2.51. The number of rotatable bonds is 3. The Bertz CT molecular complexity index is 369. The van der Waals surface area contributed by atoms with Crippen LogP contribution in [-0.2, 0) is 0 Å².